The highest BCUT2D eigenvalue weighted by atomic mass is 32.2. The molecule has 3 N–H and O–H groups in total. The zero-order valence-electron chi connectivity index (χ0n) is 11.2. The maximum Gasteiger partial charge on any atom is 0.325 e. The minimum absolute atomic E-state index is 0.408. The number of carbonyl (C=O) groups is 2. The van der Waals surface area contributed by atoms with E-state index >= 15 is 0 Å². The third-order valence-corrected chi connectivity index (χ3v) is 3.68. The summed E-state index contributed by atoms with van der Waals surface area (Å²) in [6.45, 7) is 6.96. The fraction of sp³-hybridized carbons (Fsp3) is 0.800. The lowest BCUT2D eigenvalue weighted by Gasteiger charge is -2.22. The quantitative estimate of drug-likeness (QED) is 0.674. The largest absolute Gasteiger partial charge is 0.459 e. The number of esters is 1. The Bertz CT molecular complexity index is 434. The van der Waals surface area contributed by atoms with Crippen LogP contribution in [-0.2, 0) is 24.3 Å². The van der Waals surface area contributed by atoms with Gasteiger partial charge in [0.15, 0.2) is 4.75 Å². The van der Waals surface area contributed by atoms with Gasteiger partial charge in [-0.25, -0.2) is 13.6 Å². The second kappa shape index (κ2) is 5.23. The predicted octanol–water partition coefficient (Wildman–Crippen LogP) is -0.489. The highest BCUT2D eigenvalue weighted by Crippen LogP contribution is 2.12. The first kappa shape index (κ1) is 16.9. The van der Waals surface area contributed by atoms with Crippen LogP contribution >= 0.6 is 0 Å². The molecule has 0 aliphatic rings. The molecule has 0 fully saturated rings. The highest BCUT2D eigenvalue weighted by Gasteiger charge is 2.39. The average Bonchev–Trinajstić information content (AvgIpc) is 2.09. The SMILES string of the molecule is CC(C)(C)OC(=O)CNC(=O)C(C)(C)S(N)(=O)=O. The Morgan fingerprint density at radius 2 is 1.61 bits per heavy atom. The molecule has 0 aromatic carbocycles. The molecule has 0 rings (SSSR count). The van der Waals surface area contributed by atoms with Crippen molar-refractivity contribution in [1.29, 1.82) is 0 Å². The number of rotatable bonds is 4. The Morgan fingerprint density at radius 3 is 1.94 bits per heavy atom. The molecule has 0 aromatic heterocycles. The van der Waals surface area contributed by atoms with Crippen LogP contribution in [0.3, 0.4) is 0 Å². The molecule has 0 unspecified atom stereocenters. The normalized spacial score (nSPS) is 13.0. The van der Waals surface area contributed by atoms with E-state index in [0.717, 1.165) is 13.8 Å². The molecule has 7 nitrogen and oxygen atoms in total. The van der Waals surface area contributed by atoms with Crippen molar-refractivity contribution in [3.8, 4) is 0 Å². The summed E-state index contributed by atoms with van der Waals surface area (Å²) in [6, 6.07) is 0. The van der Waals surface area contributed by atoms with Crippen LogP contribution in [-0.4, -0.2) is 37.2 Å². The van der Waals surface area contributed by atoms with Crippen LogP contribution in [0.15, 0.2) is 0 Å². The molecule has 0 radical (unpaired) electrons. The van der Waals surface area contributed by atoms with E-state index < -0.39 is 38.8 Å². The first-order valence-corrected chi connectivity index (χ1v) is 6.84. The maximum atomic E-state index is 11.6. The van der Waals surface area contributed by atoms with Gasteiger partial charge in [-0.1, -0.05) is 0 Å². The van der Waals surface area contributed by atoms with Crippen LogP contribution in [0.4, 0.5) is 0 Å². The second-order valence-corrected chi connectivity index (χ2v) is 7.44. The van der Waals surface area contributed by atoms with Gasteiger partial charge in [-0.3, -0.25) is 9.59 Å². The maximum absolute atomic E-state index is 11.6. The van der Waals surface area contributed by atoms with Crippen molar-refractivity contribution in [3.63, 3.8) is 0 Å². The topological polar surface area (TPSA) is 116 Å². The Hall–Kier alpha value is -1.15. The first-order chi connectivity index (χ1) is 7.77. The van der Waals surface area contributed by atoms with Crippen molar-refractivity contribution in [2.24, 2.45) is 5.14 Å². The highest BCUT2D eigenvalue weighted by molar-refractivity contribution is 7.91. The Morgan fingerprint density at radius 1 is 1.17 bits per heavy atom. The summed E-state index contributed by atoms with van der Waals surface area (Å²) >= 11 is 0. The van der Waals surface area contributed by atoms with Crippen molar-refractivity contribution in [1.82, 2.24) is 5.32 Å². The molecule has 0 saturated heterocycles. The first-order valence-electron chi connectivity index (χ1n) is 5.30. The van der Waals surface area contributed by atoms with Gasteiger partial charge in [-0.05, 0) is 34.6 Å². The number of sulfonamides is 1. The van der Waals surface area contributed by atoms with E-state index in [0.29, 0.717) is 0 Å². The minimum Gasteiger partial charge on any atom is -0.459 e. The molecule has 0 aliphatic carbocycles. The Labute approximate surface area is 107 Å². The molecule has 8 heteroatoms. The number of ether oxygens (including phenoxy) is 1. The van der Waals surface area contributed by atoms with Gasteiger partial charge < -0.3 is 10.1 Å². The third kappa shape index (κ3) is 5.01. The smallest absolute Gasteiger partial charge is 0.325 e. The molecule has 0 aromatic rings. The molecular weight excluding hydrogens is 260 g/mol. The van der Waals surface area contributed by atoms with E-state index in [1.165, 1.54) is 0 Å². The predicted molar refractivity (Wildman–Crippen MR) is 66.0 cm³/mol. The molecule has 1 amide bonds. The Kier molecular flexibility index (Phi) is 4.90. The number of nitrogens with two attached hydrogens (primary N) is 1. The van der Waals surface area contributed by atoms with Crippen LogP contribution < -0.4 is 10.5 Å². The van der Waals surface area contributed by atoms with E-state index in [9.17, 15) is 18.0 Å². The molecule has 0 bridgehead atoms. The standard InChI is InChI=1S/C10H20N2O5S/c1-9(2,3)17-7(13)6-12-8(14)10(4,5)18(11,15)16/h6H2,1-5H3,(H,12,14)(H2,11,15,16). The molecule has 0 atom stereocenters. The van der Waals surface area contributed by atoms with Gasteiger partial charge in [0.1, 0.15) is 12.1 Å². The minimum atomic E-state index is -4.05. The van der Waals surface area contributed by atoms with Gasteiger partial charge in [0.05, 0.1) is 0 Å². The zero-order chi connectivity index (χ0) is 14.8. The molecule has 0 aliphatic heterocycles. The van der Waals surface area contributed by atoms with Crippen molar-refractivity contribution in [2.75, 3.05) is 6.54 Å². The number of nitrogens with one attached hydrogen (secondary N) is 1. The lowest BCUT2D eigenvalue weighted by atomic mass is 10.2. The van der Waals surface area contributed by atoms with E-state index in [-0.39, 0.29) is 0 Å². The summed E-state index contributed by atoms with van der Waals surface area (Å²) in [4.78, 5) is 22.9. The molecule has 106 valence electrons. The van der Waals surface area contributed by atoms with Crippen molar-refractivity contribution in [3.05, 3.63) is 0 Å². The third-order valence-electron chi connectivity index (χ3n) is 2.07. The van der Waals surface area contributed by atoms with Crippen LogP contribution in [0, 0.1) is 0 Å². The lowest BCUT2D eigenvalue weighted by molar-refractivity contribution is -0.154. The van der Waals surface area contributed by atoms with Gasteiger partial charge in [0, 0.05) is 0 Å². The van der Waals surface area contributed by atoms with Crippen molar-refractivity contribution in [2.45, 2.75) is 45.0 Å². The summed E-state index contributed by atoms with van der Waals surface area (Å²) in [6.07, 6.45) is 0. The second-order valence-electron chi connectivity index (χ2n) is 5.32. The van der Waals surface area contributed by atoms with Crippen LogP contribution in [0.2, 0.25) is 0 Å². The average molecular weight is 280 g/mol. The summed E-state index contributed by atoms with van der Waals surface area (Å²) < 4.78 is 25.5. The van der Waals surface area contributed by atoms with Gasteiger partial charge in [0.2, 0.25) is 15.9 Å². The monoisotopic (exact) mass is 280 g/mol. The van der Waals surface area contributed by atoms with E-state index in [1.54, 1.807) is 20.8 Å². The molecule has 0 heterocycles. The van der Waals surface area contributed by atoms with Crippen LogP contribution in [0.25, 0.3) is 0 Å². The molecule has 18 heavy (non-hydrogen) atoms. The summed E-state index contributed by atoms with van der Waals surface area (Å²) in [5.74, 6) is -1.50. The molecule has 0 saturated carbocycles. The van der Waals surface area contributed by atoms with Crippen molar-refractivity contribution < 1.29 is 22.7 Å². The Balaban J connectivity index is 4.50. The van der Waals surface area contributed by atoms with E-state index in [1.807, 2.05) is 0 Å². The summed E-state index contributed by atoms with van der Waals surface area (Å²) in [5, 5.41) is 7.10. The van der Waals surface area contributed by atoms with Crippen LogP contribution in [0.5, 0.6) is 0 Å². The molecular formula is C10H20N2O5S. The summed E-state index contributed by atoms with van der Waals surface area (Å²) in [7, 11) is -4.05. The number of primary sulfonamides is 1. The number of hydrogen-bond acceptors (Lipinski definition) is 5. The van der Waals surface area contributed by atoms with Gasteiger partial charge in [0.25, 0.3) is 0 Å². The molecule has 0 spiro atoms. The zero-order valence-corrected chi connectivity index (χ0v) is 12.1. The van der Waals surface area contributed by atoms with Crippen LogP contribution in [0.1, 0.15) is 34.6 Å². The van der Waals surface area contributed by atoms with Gasteiger partial charge >= 0.3 is 5.97 Å². The number of hydrogen-bond donors (Lipinski definition) is 2. The lowest BCUT2D eigenvalue weighted by Crippen LogP contribution is -2.52. The van der Waals surface area contributed by atoms with Gasteiger partial charge in [-0.2, -0.15) is 0 Å². The number of amides is 1. The van der Waals surface area contributed by atoms with E-state index in [4.69, 9.17) is 9.88 Å². The number of carbonyl (C=O) groups excluding carboxylic acids is 2. The van der Waals surface area contributed by atoms with E-state index in [2.05, 4.69) is 5.32 Å². The fourth-order valence-electron chi connectivity index (χ4n) is 0.872. The van der Waals surface area contributed by atoms with Gasteiger partial charge in [-0.15, -0.1) is 0 Å². The summed E-state index contributed by atoms with van der Waals surface area (Å²) in [5.41, 5.74) is -0.669. The van der Waals surface area contributed by atoms with Crippen molar-refractivity contribution >= 4 is 21.9 Å². The fourth-order valence-corrected chi connectivity index (χ4v) is 1.20.